The quantitative estimate of drug-likeness (QED) is 0.709. The molecule has 2 aromatic rings. The minimum absolute atomic E-state index is 0.269. The Morgan fingerprint density at radius 3 is 2.86 bits per heavy atom. The zero-order valence-electron chi connectivity index (χ0n) is 7.65. The number of benzene rings is 1. The van der Waals surface area contributed by atoms with Crippen LogP contribution in [0.25, 0.3) is 5.69 Å². The summed E-state index contributed by atoms with van der Waals surface area (Å²) in [4.78, 5) is 0. The molecule has 0 atom stereocenters. The van der Waals surface area contributed by atoms with E-state index in [1.807, 2.05) is 6.07 Å². The van der Waals surface area contributed by atoms with Crippen molar-refractivity contribution in [2.24, 2.45) is 0 Å². The Balaban J connectivity index is 2.46. The Morgan fingerprint density at radius 2 is 2.29 bits per heavy atom. The second kappa shape index (κ2) is 3.62. The van der Waals surface area contributed by atoms with E-state index in [1.165, 1.54) is 10.7 Å². The third-order valence-electron chi connectivity index (χ3n) is 2.05. The van der Waals surface area contributed by atoms with Gasteiger partial charge in [-0.2, -0.15) is 5.10 Å². The highest BCUT2D eigenvalue weighted by Crippen LogP contribution is 2.14. The lowest BCUT2D eigenvalue weighted by Gasteiger charge is -2.04. The molecule has 0 saturated heterocycles. The lowest BCUT2D eigenvalue weighted by atomic mass is 10.1. The average Bonchev–Trinajstić information content (AvgIpc) is 2.70. The van der Waals surface area contributed by atoms with Gasteiger partial charge in [-0.15, -0.1) is 0 Å². The minimum atomic E-state index is -0.269. The molecule has 0 bridgehead atoms. The third-order valence-corrected chi connectivity index (χ3v) is 2.05. The first-order chi connectivity index (χ1) is 6.81. The Hall–Kier alpha value is -1.64. The van der Waals surface area contributed by atoms with Gasteiger partial charge < -0.3 is 0 Å². The van der Waals surface area contributed by atoms with Crippen LogP contribution in [-0.4, -0.2) is 9.78 Å². The van der Waals surface area contributed by atoms with E-state index in [2.05, 4.69) is 12.0 Å². The van der Waals surface area contributed by atoms with Gasteiger partial charge in [0.25, 0.3) is 0 Å². The second-order valence-electron chi connectivity index (χ2n) is 2.99. The molecule has 1 aromatic heterocycles. The fourth-order valence-electron chi connectivity index (χ4n) is 1.30. The van der Waals surface area contributed by atoms with Crippen LogP contribution in [0, 0.1) is 12.7 Å². The van der Waals surface area contributed by atoms with E-state index in [0.29, 0.717) is 12.1 Å². The minimum Gasteiger partial charge on any atom is -0.238 e. The summed E-state index contributed by atoms with van der Waals surface area (Å²) >= 11 is 0. The number of hydrogen-bond acceptors (Lipinski definition) is 1. The zero-order chi connectivity index (χ0) is 9.97. The highest BCUT2D eigenvalue weighted by Gasteiger charge is 2.04. The molecule has 1 aromatic carbocycles. The molecule has 0 aliphatic carbocycles. The largest absolute Gasteiger partial charge is 0.238 e. The lowest BCUT2D eigenvalue weighted by Crippen LogP contribution is -1.98. The first-order valence-electron chi connectivity index (χ1n) is 4.39. The second-order valence-corrected chi connectivity index (χ2v) is 2.99. The molecule has 1 radical (unpaired) electrons. The first kappa shape index (κ1) is 8.94. The molecule has 2 nitrogen and oxygen atoms in total. The first-order valence-corrected chi connectivity index (χ1v) is 4.39. The van der Waals surface area contributed by atoms with Gasteiger partial charge in [-0.3, -0.25) is 0 Å². The van der Waals surface area contributed by atoms with Gasteiger partial charge in [0, 0.05) is 12.4 Å². The molecule has 0 spiro atoms. The Kier molecular flexibility index (Phi) is 2.31. The summed E-state index contributed by atoms with van der Waals surface area (Å²) in [6.07, 6.45) is 3.92. The molecule has 71 valence electrons. The maximum absolute atomic E-state index is 13.5. The molecule has 1 heterocycles. The van der Waals surface area contributed by atoms with E-state index >= 15 is 0 Å². The average molecular weight is 189 g/mol. The van der Waals surface area contributed by atoms with Gasteiger partial charge in [-0.25, -0.2) is 9.07 Å². The highest BCUT2D eigenvalue weighted by atomic mass is 19.1. The van der Waals surface area contributed by atoms with Crippen LogP contribution in [0.1, 0.15) is 5.56 Å². The number of halogens is 1. The van der Waals surface area contributed by atoms with E-state index < -0.39 is 0 Å². The van der Waals surface area contributed by atoms with E-state index in [0.717, 1.165) is 5.56 Å². The Bertz CT molecular complexity index is 421. The monoisotopic (exact) mass is 189 g/mol. The van der Waals surface area contributed by atoms with Gasteiger partial charge in [0.2, 0.25) is 0 Å². The summed E-state index contributed by atoms with van der Waals surface area (Å²) < 4.78 is 15.0. The highest BCUT2D eigenvalue weighted by molar-refractivity contribution is 5.35. The summed E-state index contributed by atoms with van der Waals surface area (Å²) in [6.45, 7) is 3.70. The number of nitrogens with zero attached hydrogens (tertiary/aromatic N) is 2. The summed E-state index contributed by atoms with van der Waals surface area (Å²) in [5, 5.41) is 3.96. The molecule has 14 heavy (non-hydrogen) atoms. The predicted octanol–water partition coefficient (Wildman–Crippen LogP) is 2.39. The molecule has 0 aliphatic rings. The van der Waals surface area contributed by atoms with Crippen LogP contribution in [0.3, 0.4) is 0 Å². The van der Waals surface area contributed by atoms with E-state index in [9.17, 15) is 4.39 Å². The van der Waals surface area contributed by atoms with Gasteiger partial charge in [0.1, 0.15) is 11.5 Å². The van der Waals surface area contributed by atoms with Crippen molar-refractivity contribution < 1.29 is 4.39 Å². The van der Waals surface area contributed by atoms with Gasteiger partial charge in [0.05, 0.1) is 0 Å². The van der Waals surface area contributed by atoms with Crippen molar-refractivity contribution in [3.05, 3.63) is 55.0 Å². The molecule has 2 rings (SSSR count). The SMILES string of the molecule is [CH2]Cc1ccc(-n2cccn2)c(F)c1. The molecule has 0 amide bonds. The number of rotatable bonds is 2. The predicted molar refractivity (Wildman–Crippen MR) is 52.6 cm³/mol. The van der Waals surface area contributed by atoms with E-state index in [4.69, 9.17) is 0 Å². The van der Waals surface area contributed by atoms with Crippen molar-refractivity contribution in [1.82, 2.24) is 9.78 Å². The third kappa shape index (κ3) is 1.53. The van der Waals surface area contributed by atoms with Crippen molar-refractivity contribution in [1.29, 1.82) is 0 Å². The molecule has 0 unspecified atom stereocenters. The Morgan fingerprint density at radius 1 is 1.43 bits per heavy atom. The van der Waals surface area contributed by atoms with Crippen LogP contribution in [0.5, 0.6) is 0 Å². The standard InChI is InChI=1S/C11H10FN2/c1-2-9-4-5-11(10(12)8-9)14-7-3-6-13-14/h3-8H,1-2H2. The van der Waals surface area contributed by atoms with Crippen LogP contribution in [0.4, 0.5) is 4.39 Å². The normalized spacial score (nSPS) is 10.4. The van der Waals surface area contributed by atoms with Gasteiger partial charge >= 0.3 is 0 Å². The molecular formula is C11H10FN2. The van der Waals surface area contributed by atoms with Crippen molar-refractivity contribution in [2.45, 2.75) is 6.42 Å². The maximum Gasteiger partial charge on any atom is 0.149 e. The van der Waals surface area contributed by atoms with Crippen LogP contribution in [0.15, 0.2) is 36.7 Å². The van der Waals surface area contributed by atoms with Crippen molar-refractivity contribution >= 4 is 0 Å². The van der Waals surface area contributed by atoms with Crippen LogP contribution < -0.4 is 0 Å². The van der Waals surface area contributed by atoms with E-state index in [1.54, 1.807) is 24.5 Å². The Labute approximate surface area is 82.0 Å². The zero-order valence-corrected chi connectivity index (χ0v) is 7.65. The topological polar surface area (TPSA) is 17.8 Å². The molecule has 0 saturated carbocycles. The van der Waals surface area contributed by atoms with Gasteiger partial charge in [-0.1, -0.05) is 6.07 Å². The summed E-state index contributed by atoms with van der Waals surface area (Å²) in [5.41, 5.74) is 1.35. The molecular weight excluding hydrogens is 179 g/mol. The van der Waals surface area contributed by atoms with Crippen molar-refractivity contribution in [3.63, 3.8) is 0 Å². The summed E-state index contributed by atoms with van der Waals surface area (Å²) in [6, 6.07) is 6.81. The van der Waals surface area contributed by atoms with E-state index in [-0.39, 0.29) is 5.82 Å². The molecule has 0 fully saturated rings. The van der Waals surface area contributed by atoms with Crippen molar-refractivity contribution in [3.8, 4) is 5.69 Å². The number of hydrogen-bond donors (Lipinski definition) is 0. The molecule has 0 N–H and O–H groups in total. The molecule has 3 heteroatoms. The van der Waals surface area contributed by atoms with Crippen LogP contribution in [0.2, 0.25) is 0 Å². The fraction of sp³-hybridized carbons (Fsp3) is 0.0909. The smallest absolute Gasteiger partial charge is 0.149 e. The van der Waals surface area contributed by atoms with Crippen molar-refractivity contribution in [2.75, 3.05) is 0 Å². The van der Waals surface area contributed by atoms with Gasteiger partial charge in [0.15, 0.2) is 0 Å². The number of aromatic nitrogens is 2. The summed E-state index contributed by atoms with van der Waals surface area (Å²) in [5.74, 6) is -0.269. The fourth-order valence-corrected chi connectivity index (χ4v) is 1.30. The lowest BCUT2D eigenvalue weighted by molar-refractivity contribution is 0.609. The maximum atomic E-state index is 13.5. The summed E-state index contributed by atoms with van der Waals surface area (Å²) in [7, 11) is 0. The van der Waals surface area contributed by atoms with Gasteiger partial charge in [-0.05, 0) is 37.1 Å². The molecule has 0 aliphatic heterocycles. The van der Waals surface area contributed by atoms with Crippen LogP contribution >= 0.6 is 0 Å². The van der Waals surface area contributed by atoms with Crippen LogP contribution in [-0.2, 0) is 6.42 Å².